The summed E-state index contributed by atoms with van der Waals surface area (Å²) in [5.41, 5.74) is 4.68. The summed E-state index contributed by atoms with van der Waals surface area (Å²) in [4.78, 5) is 7.00. The van der Waals surface area contributed by atoms with Crippen LogP contribution in [0.5, 0.6) is 0 Å². The number of anilines is 2. The van der Waals surface area contributed by atoms with Gasteiger partial charge >= 0.3 is 0 Å². The summed E-state index contributed by atoms with van der Waals surface area (Å²) in [7, 11) is -3.24. The molecule has 39 heavy (non-hydrogen) atoms. The molecule has 2 N–H and O–H groups in total. The largest absolute Gasteiger partial charge is 0.382 e. The molecule has 0 unspecified atom stereocenters. The average molecular weight is 564 g/mol. The third-order valence-electron chi connectivity index (χ3n) is 7.34. The molecular weight excluding hydrogens is 534 g/mol. The van der Waals surface area contributed by atoms with Gasteiger partial charge in [0.1, 0.15) is 6.07 Å². The molecule has 1 saturated carbocycles. The van der Waals surface area contributed by atoms with Crippen LogP contribution in [0.2, 0.25) is 0 Å². The topological polar surface area (TPSA) is 141 Å². The highest BCUT2D eigenvalue weighted by Crippen LogP contribution is 2.41. The molecule has 2 bridgehead atoms. The number of nitriles is 1. The predicted molar refractivity (Wildman–Crippen MR) is 151 cm³/mol. The van der Waals surface area contributed by atoms with Crippen LogP contribution in [0.15, 0.2) is 36.7 Å². The first-order valence-corrected chi connectivity index (χ1v) is 15.6. The van der Waals surface area contributed by atoms with Gasteiger partial charge in [0, 0.05) is 37.1 Å². The second-order valence-electron chi connectivity index (χ2n) is 10.6. The Morgan fingerprint density at radius 2 is 1.90 bits per heavy atom. The summed E-state index contributed by atoms with van der Waals surface area (Å²) < 4.78 is 28.3. The van der Waals surface area contributed by atoms with E-state index in [0.717, 1.165) is 64.2 Å². The van der Waals surface area contributed by atoms with Crippen molar-refractivity contribution in [2.75, 3.05) is 29.6 Å². The van der Waals surface area contributed by atoms with E-state index in [1.165, 1.54) is 17.6 Å². The van der Waals surface area contributed by atoms with Crippen molar-refractivity contribution in [3.05, 3.63) is 42.2 Å². The van der Waals surface area contributed by atoms with Crippen molar-refractivity contribution in [1.82, 2.24) is 29.5 Å². The maximum absolute atomic E-state index is 11.9. The highest BCUT2D eigenvalue weighted by atomic mass is 32.2. The van der Waals surface area contributed by atoms with Crippen molar-refractivity contribution >= 4 is 37.7 Å². The quantitative estimate of drug-likeness (QED) is 0.346. The fraction of sp³-hybridized carbons (Fsp3) is 0.423. The molecule has 11 nitrogen and oxygen atoms in total. The second kappa shape index (κ2) is 9.86. The number of sulfonamides is 1. The zero-order chi connectivity index (χ0) is 27.3. The first-order valence-electron chi connectivity index (χ1n) is 12.9. The van der Waals surface area contributed by atoms with E-state index in [-0.39, 0.29) is 23.9 Å². The molecule has 1 aliphatic heterocycles. The first kappa shape index (κ1) is 25.7. The zero-order valence-electron chi connectivity index (χ0n) is 21.9. The lowest BCUT2D eigenvalue weighted by Gasteiger charge is -2.37. The minimum atomic E-state index is -3.24. The number of hydrogen-bond donors (Lipinski definition) is 2. The standard InChI is InChI=1S/C26H29N9O2S2/c1-15(2)30-21-9-22(23-7-6-19-8-16(10-27)11-29-35(19)23)28-12-20(21)25-31-32-26(38-25)34-13-17-4-5-18(14-34)24(17)33-39(3,36)37/h6-9,11-12,15,17-18,24,33H,4-5,13-14H2,1-3H3,(H,28,30)/t17-,18+,24+. The van der Waals surface area contributed by atoms with Crippen LogP contribution in [0.4, 0.5) is 10.8 Å². The van der Waals surface area contributed by atoms with Crippen LogP contribution in [-0.4, -0.2) is 64.6 Å². The van der Waals surface area contributed by atoms with Crippen LogP contribution in [0, 0.1) is 23.2 Å². The fourth-order valence-electron chi connectivity index (χ4n) is 5.72. The number of pyridine rings is 1. The second-order valence-corrected chi connectivity index (χ2v) is 13.4. The molecule has 0 amide bonds. The Hall–Kier alpha value is -3.60. The molecule has 0 radical (unpaired) electrons. The number of nitrogens with zero attached hydrogens (tertiary/aromatic N) is 7. The lowest BCUT2D eigenvalue weighted by atomic mass is 9.93. The van der Waals surface area contributed by atoms with Crippen molar-refractivity contribution in [2.45, 2.75) is 38.8 Å². The van der Waals surface area contributed by atoms with Gasteiger partial charge in [-0.05, 0) is 62.8 Å². The van der Waals surface area contributed by atoms with Crippen LogP contribution in [0.3, 0.4) is 0 Å². The van der Waals surface area contributed by atoms with E-state index >= 15 is 0 Å². The van der Waals surface area contributed by atoms with Gasteiger partial charge in [-0.1, -0.05) is 11.3 Å². The number of hydrogen-bond acceptors (Lipinski definition) is 10. The van der Waals surface area contributed by atoms with E-state index in [4.69, 9.17) is 4.98 Å². The van der Waals surface area contributed by atoms with Crippen molar-refractivity contribution < 1.29 is 8.42 Å². The van der Waals surface area contributed by atoms with Crippen molar-refractivity contribution in [3.8, 4) is 28.0 Å². The lowest BCUT2D eigenvalue weighted by molar-refractivity contribution is 0.331. The summed E-state index contributed by atoms with van der Waals surface area (Å²) in [6, 6.07) is 9.98. The van der Waals surface area contributed by atoms with E-state index in [0.29, 0.717) is 5.56 Å². The number of piperidine rings is 1. The summed E-state index contributed by atoms with van der Waals surface area (Å²) in [5, 5.41) is 27.8. The van der Waals surface area contributed by atoms with E-state index in [2.05, 4.69) is 50.2 Å². The van der Waals surface area contributed by atoms with Gasteiger partial charge in [0.15, 0.2) is 5.01 Å². The molecule has 1 saturated heterocycles. The Balaban J connectivity index is 1.29. The van der Waals surface area contributed by atoms with Gasteiger partial charge in [-0.3, -0.25) is 4.98 Å². The average Bonchev–Trinajstić information content (AvgIpc) is 3.58. The van der Waals surface area contributed by atoms with E-state index in [1.807, 2.05) is 24.4 Å². The van der Waals surface area contributed by atoms with Crippen LogP contribution in [-0.2, 0) is 10.0 Å². The van der Waals surface area contributed by atoms with E-state index in [9.17, 15) is 13.7 Å². The van der Waals surface area contributed by atoms with Gasteiger partial charge < -0.3 is 10.2 Å². The molecule has 0 aromatic carbocycles. The predicted octanol–water partition coefficient (Wildman–Crippen LogP) is 3.37. The van der Waals surface area contributed by atoms with Gasteiger partial charge in [-0.15, -0.1) is 10.2 Å². The molecule has 4 aromatic heterocycles. The SMILES string of the molecule is CC(C)Nc1cc(-c2ccc3cc(C#N)cnn23)ncc1-c1nnc(N2C[C@H]3CC[C@@H](C2)[C@H]3NS(C)(=O)=O)s1. The summed E-state index contributed by atoms with van der Waals surface area (Å²) >= 11 is 1.53. The lowest BCUT2D eigenvalue weighted by Crippen LogP contribution is -2.52. The van der Waals surface area contributed by atoms with Crippen LogP contribution in [0.25, 0.3) is 27.5 Å². The number of fused-ring (bicyclic) bond motifs is 3. The molecule has 0 spiro atoms. The molecule has 202 valence electrons. The fourth-order valence-corrected chi connectivity index (χ4v) is 7.49. The number of nitrogens with one attached hydrogen (secondary N) is 2. The first-order chi connectivity index (χ1) is 18.7. The molecule has 6 rings (SSSR count). The highest BCUT2D eigenvalue weighted by Gasteiger charge is 2.44. The van der Waals surface area contributed by atoms with Crippen molar-refractivity contribution in [3.63, 3.8) is 0 Å². The smallest absolute Gasteiger partial charge is 0.208 e. The van der Waals surface area contributed by atoms with Crippen LogP contribution >= 0.6 is 11.3 Å². The maximum Gasteiger partial charge on any atom is 0.208 e. The third kappa shape index (κ3) is 5.07. The number of aromatic nitrogens is 5. The molecular formula is C26H29N9O2S2. The summed E-state index contributed by atoms with van der Waals surface area (Å²) in [6.45, 7) is 5.68. The maximum atomic E-state index is 11.9. The van der Waals surface area contributed by atoms with Crippen molar-refractivity contribution in [1.29, 1.82) is 5.26 Å². The minimum absolute atomic E-state index is 0.00616. The van der Waals surface area contributed by atoms with E-state index < -0.39 is 10.0 Å². The van der Waals surface area contributed by atoms with Gasteiger partial charge in [0.2, 0.25) is 15.2 Å². The Kier molecular flexibility index (Phi) is 6.49. The van der Waals surface area contributed by atoms with Gasteiger partial charge in [0.25, 0.3) is 0 Å². The van der Waals surface area contributed by atoms with Crippen LogP contribution < -0.4 is 14.9 Å². The van der Waals surface area contributed by atoms with Gasteiger partial charge in [-0.2, -0.15) is 10.4 Å². The Labute approximate surface area is 231 Å². The summed E-state index contributed by atoms with van der Waals surface area (Å²) in [5.74, 6) is 0.527. The normalized spacial score (nSPS) is 21.0. The summed E-state index contributed by atoms with van der Waals surface area (Å²) in [6.07, 6.45) is 6.62. The Bertz CT molecular complexity index is 1670. The zero-order valence-corrected chi connectivity index (χ0v) is 23.5. The Morgan fingerprint density at radius 1 is 1.13 bits per heavy atom. The van der Waals surface area contributed by atoms with E-state index in [1.54, 1.807) is 16.8 Å². The molecule has 5 heterocycles. The number of rotatable bonds is 7. The molecule has 13 heteroatoms. The van der Waals surface area contributed by atoms with Crippen molar-refractivity contribution in [2.24, 2.45) is 11.8 Å². The molecule has 1 aliphatic carbocycles. The monoisotopic (exact) mass is 563 g/mol. The van der Waals surface area contributed by atoms with Gasteiger partial charge in [0.05, 0.1) is 40.5 Å². The highest BCUT2D eigenvalue weighted by molar-refractivity contribution is 7.88. The third-order valence-corrected chi connectivity index (χ3v) is 9.06. The molecule has 2 aliphatic rings. The molecule has 4 aromatic rings. The van der Waals surface area contributed by atoms with Gasteiger partial charge in [-0.25, -0.2) is 17.7 Å². The minimum Gasteiger partial charge on any atom is -0.382 e. The Morgan fingerprint density at radius 3 is 2.59 bits per heavy atom. The molecule has 2 fully saturated rings. The molecule has 3 atom stereocenters. The van der Waals surface area contributed by atoms with Crippen LogP contribution in [0.1, 0.15) is 32.3 Å².